The number of aliphatic hydroxyl groups excluding tert-OH is 1. The Morgan fingerprint density at radius 3 is 3.07 bits per heavy atom. The van der Waals surface area contributed by atoms with Gasteiger partial charge in [-0.25, -0.2) is 9.18 Å². The van der Waals surface area contributed by atoms with Crippen LogP contribution in [0.5, 0.6) is 5.75 Å². The molecule has 0 radical (unpaired) electrons. The van der Waals surface area contributed by atoms with Crippen LogP contribution in [0.4, 0.5) is 9.18 Å². The van der Waals surface area contributed by atoms with Crippen LogP contribution in [0.2, 0.25) is 0 Å². The zero-order valence-corrected chi connectivity index (χ0v) is 17.0. The third-order valence-corrected chi connectivity index (χ3v) is 7.81. The van der Waals surface area contributed by atoms with Crippen molar-refractivity contribution >= 4 is 22.0 Å². The minimum atomic E-state index is -1.35. The molecule has 7 heteroatoms. The Morgan fingerprint density at radius 2 is 2.33 bits per heavy atom. The molecular formula is C20H23BrFNO4. The van der Waals surface area contributed by atoms with Crippen LogP contribution >= 0.6 is 15.9 Å². The van der Waals surface area contributed by atoms with E-state index in [0.29, 0.717) is 26.0 Å². The van der Waals surface area contributed by atoms with Crippen LogP contribution in [0.25, 0.3) is 0 Å². The third kappa shape index (κ3) is 2.10. The molecule has 1 saturated heterocycles. The van der Waals surface area contributed by atoms with Crippen molar-refractivity contribution in [2.75, 3.05) is 13.2 Å². The Bertz CT molecular complexity index is 833. The van der Waals surface area contributed by atoms with Crippen molar-refractivity contribution in [3.63, 3.8) is 0 Å². The number of hydrogen-bond acceptors (Lipinski definition) is 4. The van der Waals surface area contributed by atoms with E-state index in [1.165, 1.54) is 0 Å². The maximum atomic E-state index is 14.8. The molecule has 146 valence electrons. The predicted molar refractivity (Wildman–Crippen MR) is 99.8 cm³/mol. The summed E-state index contributed by atoms with van der Waals surface area (Å²) in [6.07, 6.45) is -1.89. The minimum absolute atomic E-state index is 0.0819. The largest absolute Gasteiger partial charge is 0.486 e. The number of hydrogen-bond donors (Lipinski definition) is 1. The highest BCUT2D eigenvalue weighted by Crippen LogP contribution is 2.64. The molecule has 1 N–H and O–H groups in total. The van der Waals surface area contributed by atoms with Crippen molar-refractivity contribution in [2.24, 2.45) is 5.92 Å². The van der Waals surface area contributed by atoms with Crippen molar-refractivity contribution in [3.8, 4) is 5.75 Å². The fourth-order valence-corrected chi connectivity index (χ4v) is 6.81. The monoisotopic (exact) mass is 439 g/mol. The molecule has 2 aliphatic heterocycles. The van der Waals surface area contributed by atoms with Gasteiger partial charge in [0.05, 0.1) is 6.61 Å². The number of carbonyl (C=O) groups excluding carboxylic acids is 1. The average molecular weight is 440 g/mol. The number of nitrogens with zero attached hydrogens (tertiary/aromatic N) is 1. The first-order valence-corrected chi connectivity index (χ1v) is 10.4. The van der Waals surface area contributed by atoms with E-state index in [1.54, 1.807) is 11.8 Å². The average Bonchev–Trinajstić information content (AvgIpc) is 2.95. The maximum absolute atomic E-state index is 14.8. The first-order chi connectivity index (χ1) is 12.9. The van der Waals surface area contributed by atoms with Crippen LogP contribution in [0.15, 0.2) is 10.5 Å². The Kier molecular flexibility index (Phi) is 3.83. The lowest BCUT2D eigenvalue weighted by Crippen LogP contribution is -2.69. The van der Waals surface area contributed by atoms with E-state index in [4.69, 9.17) is 9.47 Å². The molecule has 1 aromatic rings. The predicted octanol–water partition coefficient (Wildman–Crippen LogP) is 3.26. The van der Waals surface area contributed by atoms with Crippen LogP contribution in [-0.4, -0.2) is 53.7 Å². The van der Waals surface area contributed by atoms with Gasteiger partial charge in [0.25, 0.3) is 0 Å². The quantitative estimate of drug-likeness (QED) is 0.729. The fourth-order valence-electron chi connectivity index (χ4n) is 6.10. The van der Waals surface area contributed by atoms with Crippen LogP contribution in [0, 0.1) is 12.8 Å². The summed E-state index contributed by atoms with van der Waals surface area (Å²) in [6.45, 7) is 4.63. The molecule has 2 aliphatic carbocycles. The molecule has 4 aliphatic rings. The number of likely N-dealkylation sites (tertiary alicyclic amines) is 1. The minimum Gasteiger partial charge on any atom is -0.486 e. The van der Waals surface area contributed by atoms with E-state index in [1.807, 2.05) is 13.0 Å². The molecule has 5 rings (SSSR count). The zero-order chi connectivity index (χ0) is 19.1. The number of alkyl halides is 1. The standard InChI is InChI=1S/C20H23BrFNO4/c1-3-26-19(25)23-5-4-20-11-8-13(22)16(24)18(20)27-17-9(2)6-12(21)10(15(17)20)7-14(11)23/h6,11,13-14,16,18,24H,3-5,7-8H2,1-2H3/t11-,13+,14+,16?,18-,20-/m0/s1. The lowest BCUT2D eigenvalue weighted by atomic mass is 9.51. The molecule has 1 amide bonds. The van der Waals surface area contributed by atoms with Gasteiger partial charge in [-0.1, -0.05) is 15.9 Å². The van der Waals surface area contributed by atoms with Crippen molar-refractivity contribution in [1.29, 1.82) is 0 Å². The molecule has 1 unspecified atom stereocenters. The second kappa shape index (κ2) is 5.83. The molecule has 6 atom stereocenters. The number of halogens is 2. The van der Waals surface area contributed by atoms with Crippen molar-refractivity contribution in [2.45, 2.75) is 62.9 Å². The zero-order valence-electron chi connectivity index (χ0n) is 15.4. The summed E-state index contributed by atoms with van der Waals surface area (Å²) in [5, 5.41) is 10.7. The van der Waals surface area contributed by atoms with Gasteiger partial charge in [-0.2, -0.15) is 0 Å². The van der Waals surface area contributed by atoms with E-state index in [2.05, 4.69) is 15.9 Å². The number of carbonyl (C=O) groups is 1. The second-order valence-corrected chi connectivity index (χ2v) is 9.05. The first-order valence-electron chi connectivity index (χ1n) is 9.64. The van der Waals surface area contributed by atoms with Gasteiger partial charge in [-0.3, -0.25) is 0 Å². The van der Waals surface area contributed by atoms with E-state index in [0.717, 1.165) is 26.9 Å². The molecule has 2 bridgehead atoms. The number of ether oxygens (including phenoxy) is 2. The van der Waals surface area contributed by atoms with Gasteiger partial charge in [0, 0.05) is 28.0 Å². The molecule has 1 aromatic carbocycles. The summed E-state index contributed by atoms with van der Waals surface area (Å²) in [5.41, 5.74) is 2.82. The topological polar surface area (TPSA) is 59.0 Å². The molecule has 2 heterocycles. The van der Waals surface area contributed by atoms with Crippen LogP contribution < -0.4 is 4.74 Å². The Morgan fingerprint density at radius 1 is 1.56 bits per heavy atom. The van der Waals surface area contributed by atoms with E-state index in [9.17, 15) is 14.3 Å². The molecule has 0 aromatic heterocycles. The number of piperidine rings is 1. The molecule has 5 nitrogen and oxygen atoms in total. The maximum Gasteiger partial charge on any atom is 0.410 e. The van der Waals surface area contributed by atoms with Gasteiger partial charge < -0.3 is 19.5 Å². The number of rotatable bonds is 1. The van der Waals surface area contributed by atoms with Gasteiger partial charge >= 0.3 is 6.09 Å². The van der Waals surface area contributed by atoms with Gasteiger partial charge in [0.2, 0.25) is 0 Å². The van der Waals surface area contributed by atoms with Crippen molar-refractivity contribution in [3.05, 3.63) is 27.2 Å². The second-order valence-electron chi connectivity index (χ2n) is 8.20. The summed E-state index contributed by atoms with van der Waals surface area (Å²) in [5.74, 6) is 0.723. The van der Waals surface area contributed by atoms with Crippen molar-refractivity contribution in [1.82, 2.24) is 4.90 Å². The molecule has 1 spiro atoms. The van der Waals surface area contributed by atoms with Gasteiger partial charge in [0.15, 0.2) is 0 Å². The summed E-state index contributed by atoms with van der Waals surface area (Å²) in [4.78, 5) is 14.4. The number of benzene rings is 1. The van der Waals surface area contributed by atoms with Gasteiger partial charge in [-0.05, 0) is 56.2 Å². The number of amides is 1. The van der Waals surface area contributed by atoms with Crippen LogP contribution in [0.1, 0.15) is 36.5 Å². The van der Waals surface area contributed by atoms with Gasteiger partial charge in [0.1, 0.15) is 24.1 Å². The van der Waals surface area contributed by atoms with Crippen molar-refractivity contribution < 1.29 is 23.8 Å². The highest BCUT2D eigenvalue weighted by molar-refractivity contribution is 9.10. The number of aryl methyl sites for hydroxylation is 1. The summed E-state index contributed by atoms with van der Waals surface area (Å²) >= 11 is 3.69. The highest BCUT2D eigenvalue weighted by Gasteiger charge is 2.68. The molecule has 27 heavy (non-hydrogen) atoms. The lowest BCUT2D eigenvalue weighted by molar-refractivity contribution is -0.131. The van der Waals surface area contributed by atoms with Crippen LogP contribution in [0.3, 0.4) is 0 Å². The van der Waals surface area contributed by atoms with Crippen LogP contribution in [-0.2, 0) is 16.6 Å². The Balaban J connectivity index is 1.71. The third-order valence-electron chi connectivity index (χ3n) is 7.10. The normalized spacial score (nSPS) is 38.3. The lowest BCUT2D eigenvalue weighted by Gasteiger charge is -2.59. The smallest absolute Gasteiger partial charge is 0.410 e. The molecule has 1 saturated carbocycles. The van der Waals surface area contributed by atoms with Gasteiger partial charge in [-0.15, -0.1) is 0 Å². The summed E-state index contributed by atoms with van der Waals surface area (Å²) in [6, 6.07) is 1.87. The highest BCUT2D eigenvalue weighted by atomic mass is 79.9. The molecule has 2 fully saturated rings. The fraction of sp³-hybridized carbons (Fsp3) is 0.650. The van der Waals surface area contributed by atoms with E-state index >= 15 is 0 Å². The Labute approximate surface area is 165 Å². The van der Waals surface area contributed by atoms with E-state index < -0.39 is 23.8 Å². The van der Waals surface area contributed by atoms with E-state index in [-0.39, 0.29) is 24.5 Å². The Hall–Kier alpha value is -1.34. The number of aliphatic hydroxyl groups is 1. The SMILES string of the molecule is CCOC(=O)N1CC[C@]23c4c5c(Br)cc(C)c4O[C@H]2C(O)[C@H](F)C[C@H]3[C@H]1C5. The molecular weight excluding hydrogens is 417 g/mol. The first kappa shape index (κ1) is 17.7. The summed E-state index contributed by atoms with van der Waals surface area (Å²) in [7, 11) is 0. The summed E-state index contributed by atoms with van der Waals surface area (Å²) < 4.78 is 27.3.